The number of nitrogens with one attached hydrogen (secondary N) is 2. The standard InChI is InChI=1S/C16H16N2O4/c1-10-9-11(19)7-8-12(10)17-15(20)16(21)18-13-5-3-4-6-14(13)22-2/h3-9,19H,1-2H3,(H,17,20)(H,18,21). The summed E-state index contributed by atoms with van der Waals surface area (Å²) < 4.78 is 5.10. The Morgan fingerprint density at radius 2 is 1.64 bits per heavy atom. The van der Waals surface area contributed by atoms with E-state index in [0.717, 1.165) is 0 Å². The largest absolute Gasteiger partial charge is 0.508 e. The van der Waals surface area contributed by atoms with Crippen LogP contribution in [-0.2, 0) is 9.59 Å². The molecule has 0 bridgehead atoms. The summed E-state index contributed by atoms with van der Waals surface area (Å²) in [6.07, 6.45) is 0. The predicted molar refractivity (Wildman–Crippen MR) is 83.1 cm³/mol. The number of methoxy groups -OCH3 is 1. The third-order valence-corrected chi connectivity index (χ3v) is 3.02. The lowest BCUT2D eigenvalue weighted by Crippen LogP contribution is -2.29. The molecule has 0 aromatic heterocycles. The number of phenols is 1. The number of anilines is 2. The van der Waals surface area contributed by atoms with Crippen LogP contribution in [0.2, 0.25) is 0 Å². The second-order valence-corrected chi connectivity index (χ2v) is 4.61. The Balaban J connectivity index is 2.08. The molecule has 0 aliphatic heterocycles. The number of benzene rings is 2. The maximum Gasteiger partial charge on any atom is 0.314 e. The molecule has 2 amide bonds. The minimum Gasteiger partial charge on any atom is -0.508 e. The molecule has 0 atom stereocenters. The van der Waals surface area contributed by atoms with Gasteiger partial charge in [0.05, 0.1) is 12.8 Å². The SMILES string of the molecule is COc1ccccc1NC(=O)C(=O)Nc1ccc(O)cc1C. The summed E-state index contributed by atoms with van der Waals surface area (Å²) in [7, 11) is 1.48. The summed E-state index contributed by atoms with van der Waals surface area (Å²) >= 11 is 0. The van der Waals surface area contributed by atoms with Crippen LogP contribution in [0.4, 0.5) is 11.4 Å². The Labute approximate surface area is 127 Å². The number of para-hydroxylation sites is 2. The Morgan fingerprint density at radius 3 is 2.27 bits per heavy atom. The summed E-state index contributed by atoms with van der Waals surface area (Å²) in [4.78, 5) is 23.9. The molecule has 0 heterocycles. The minimum absolute atomic E-state index is 0.0916. The molecule has 0 radical (unpaired) electrons. The molecule has 0 aliphatic carbocycles. The average molecular weight is 300 g/mol. The zero-order valence-corrected chi connectivity index (χ0v) is 12.2. The number of carbonyl (C=O) groups excluding carboxylic acids is 2. The quantitative estimate of drug-likeness (QED) is 0.599. The van der Waals surface area contributed by atoms with Crippen molar-refractivity contribution in [2.45, 2.75) is 6.92 Å². The molecule has 0 fully saturated rings. The Morgan fingerprint density at radius 1 is 1.00 bits per heavy atom. The van der Waals surface area contributed by atoms with Crippen molar-refractivity contribution in [3.05, 3.63) is 48.0 Å². The fourth-order valence-corrected chi connectivity index (χ4v) is 1.89. The third-order valence-electron chi connectivity index (χ3n) is 3.02. The van der Waals surface area contributed by atoms with E-state index in [9.17, 15) is 14.7 Å². The molecule has 22 heavy (non-hydrogen) atoms. The molecule has 2 aromatic rings. The van der Waals surface area contributed by atoms with Gasteiger partial charge >= 0.3 is 11.8 Å². The molecular weight excluding hydrogens is 284 g/mol. The van der Waals surface area contributed by atoms with E-state index in [4.69, 9.17) is 4.74 Å². The van der Waals surface area contributed by atoms with Crippen LogP contribution in [-0.4, -0.2) is 24.0 Å². The van der Waals surface area contributed by atoms with Crippen molar-refractivity contribution < 1.29 is 19.4 Å². The number of hydrogen-bond donors (Lipinski definition) is 3. The third kappa shape index (κ3) is 3.54. The first kappa shape index (κ1) is 15.4. The highest BCUT2D eigenvalue weighted by Crippen LogP contribution is 2.23. The minimum atomic E-state index is -0.808. The normalized spacial score (nSPS) is 9.91. The second-order valence-electron chi connectivity index (χ2n) is 4.61. The summed E-state index contributed by atoms with van der Waals surface area (Å²) in [5, 5.41) is 14.3. The van der Waals surface area contributed by atoms with Gasteiger partial charge in [-0.15, -0.1) is 0 Å². The van der Waals surface area contributed by atoms with Gasteiger partial charge in [-0.2, -0.15) is 0 Å². The Hall–Kier alpha value is -3.02. The van der Waals surface area contributed by atoms with Gasteiger partial charge in [0.2, 0.25) is 0 Å². The molecule has 2 rings (SSSR count). The molecule has 114 valence electrons. The summed E-state index contributed by atoms with van der Waals surface area (Å²) in [6.45, 7) is 1.72. The second kappa shape index (κ2) is 6.62. The first-order chi connectivity index (χ1) is 10.5. The molecule has 0 unspecified atom stereocenters. The van der Waals surface area contributed by atoms with Crippen LogP contribution in [0.1, 0.15) is 5.56 Å². The van der Waals surface area contributed by atoms with Gasteiger partial charge in [0, 0.05) is 5.69 Å². The summed E-state index contributed by atoms with van der Waals surface area (Å²) in [6, 6.07) is 11.2. The summed E-state index contributed by atoms with van der Waals surface area (Å²) in [5.74, 6) is -1.06. The number of hydrogen-bond acceptors (Lipinski definition) is 4. The highest BCUT2D eigenvalue weighted by atomic mass is 16.5. The van der Waals surface area contributed by atoms with Crippen molar-refractivity contribution in [2.75, 3.05) is 17.7 Å². The predicted octanol–water partition coefficient (Wildman–Crippen LogP) is 2.29. The number of aromatic hydroxyl groups is 1. The van der Waals surface area contributed by atoms with Crippen molar-refractivity contribution >= 4 is 23.2 Å². The lowest BCUT2D eigenvalue weighted by molar-refractivity contribution is -0.133. The first-order valence-corrected chi connectivity index (χ1v) is 6.56. The zero-order valence-electron chi connectivity index (χ0n) is 12.2. The Kier molecular flexibility index (Phi) is 4.63. The van der Waals surface area contributed by atoms with E-state index in [1.807, 2.05) is 0 Å². The van der Waals surface area contributed by atoms with Gasteiger partial charge in [-0.1, -0.05) is 12.1 Å². The van der Waals surface area contributed by atoms with Gasteiger partial charge in [-0.25, -0.2) is 0 Å². The van der Waals surface area contributed by atoms with Crippen molar-refractivity contribution in [1.82, 2.24) is 0 Å². The van der Waals surface area contributed by atoms with Gasteiger partial charge in [-0.3, -0.25) is 9.59 Å². The van der Waals surface area contributed by atoms with Crippen molar-refractivity contribution in [3.8, 4) is 11.5 Å². The molecule has 0 saturated carbocycles. The number of phenolic OH excluding ortho intramolecular Hbond substituents is 1. The van der Waals surface area contributed by atoms with Gasteiger partial charge < -0.3 is 20.5 Å². The van der Waals surface area contributed by atoms with E-state index in [-0.39, 0.29) is 5.75 Å². The molecule has 0 aliphatic rings. The Bertz CT molecular complexity index is 713. The first-order valence-electron chi connectivity index (χ1n) is 6.56. The zero-order chi connectivity index (χ0) is 16.1. The molecule has 0 saturated heterocycles. The van der Waals surface area contributed by atoms with Crippen molar-refractivity contribution in [3.63, 3.8) is 0 Å². The van der Waals surface area contributed by atoms with Gasteiger partial charge in [0.15, 0.2) is 0 Å². The maximum atomic E-state index is 11.9. The highest BCUT2D eigenvalue weighted by molar-refractivity contribution is 6.43. The smallest absolute Gasteiger partial charge is 0.314 e. The van der Waals surface area contributed by atoms with Crippen LogP contribution in [0.25, 0.3) is 0 Å². The number of ether oxygens (including phenoxy) is 1. The van der Waals surface area contributed by atoms with E-state index in [1.165, 1.54) is 25.3 Å². The van der Waals surface area contributed by atoms with E-state index < -0.39 is 11.8 Å². The summed E-state index contributed by atoms with van der Waals surface area (Å²) in [5.41, 5.74) is 1.52. The maximum absolute atomic E-state index is 11.9. The van der Waals surface area contributed by atoms with E-state index in [1.54, 1.807) is 31.2 Å². The van der Waals surface area contributed by atoms with Crippen molar-refractivity contribution in [1.29, 1.82) is 0 Å². The lowest BCUT2D eigenvalue weighted by atomic mass is 10.2. The van der Waals surface area contributed by atoms with Crippen LogP contribution >= 0.6 is 0 Å². The molecule has 3 N–H and O–H groups in total. The number of amides is 2. The monoisotopic (exact) mass is 300 g/mol. The van der Waals surface area contributed by atoms with Gasteiger partial charge in [-0.05, 0) is 42.8 Å². The number of carbonyl (C=O) groups is 2. The topological polar surface area (TPSA) is 87.7 Å². The van der Waals surface area contributed by atoms with Crippen LogP contribution in [0, 0.1) is 6.92 Å². The molecule has 6 nitrogen and oxygen atoms in total. The van der Waals surface area contributed by atoms with Crippen molar-refractivity contribution in [2.24, 2.45) is 0 Å². The number of aryl methyl sites for hydroxylation is 1. The molecule has 2 aromatic carbocycles. The lowest BCUT2D eigenvalue weighted by Gasteiger charge is -2.11. The molecule has 0 spiro atoms. The fourth-order valence-electron chi connectivity index (χ4n) is 1.89. The fraction of sp³-hybridized carbons (Fsp3) is 0.125. The van der Waals surface area contributed by atoms with Crippen LogP contribution < -0.4 is 15.4 Å². The molecule has 6 heteroatoms. The van der Waals surface area contributed by atoms with E-state index >= 15 is 0 Å². The molecular formula is C16H16N2O4. The van der Waals surface area contributed by atoms with Gasteiger partial charge in [0.25, 0.3) is 0 Å². The van der Waals surface area contributed by atoms with Gasteiger partial charge in [0.1, 0.15) is 11.5 Å². The van der Waals surface area contributed by atoms with E-state index in [0.29, 0.717) is 22.7 Å². The van der Waals surface area contributed by atoms with Crippen LogP contribution in [0.15, 0.2) is 42.5 Å². The van der Waals surface area contributed by atoms with Crippen LogP contribution in [0.5, 0.6) is 11.5 Å². The average Bonchev–Trinajstić information content (AvgIpc) is 2.50. The number of rotatable bonds is 3. The van der Waals surface area contributed by atoms with E-state index in [2.05, 4.69) is 10.6 Å². The highest BCUT2D eigenvalue weighted by Gasteiger charge is 2.16. The van der Waals surface area contributed by atoms with Crippen LogP contribution in [0.3, 0.4) is 0 Å².